The molecule has 0 spiro atoms. The van der Waals surface area contributed by atoms with E-state index >= 15 is 0 Å². The molecule has 20 heavy (non-hydrogen) atoms. The lowest BCUT2D eigenvalue weighted by Gasteiger charge is -2.20. The lowest BCUT2D eigenvalue weighted by molar-refractivity contribution is 0.395. The quantitative estimate of drug-likeness (QED) is 0.627. The van der Waals surface area contributed by atoms with E-state index in [1.54, 1.807) is 0 Å². The third-order valence-corrected chi connectivity index (χ3v) is 5.25. The number of isocyanates is 1. The monoisotopic (exact) mass is 311 g/mol. The van der Waals surface area contributed by atoms with Gasteiger partial charge in [-0.1, -0.05) is 11.6 Å². The maximum atomic E-state index is 12.5. The molecular formula is C12H10ClN3O3S. The maximum absolute atomic E-state index is 12.5. The number of rotatable bonds is 3. The molecule has 0 amide bonds. The van der Waals surface area contributed by atoms with Gasteiger partial charge in [-0.3, -0.25) is 0 Å². The van der Waals surface area contributed by atoms with Crippen molar-refractivity contribution in [2.75, 3.05) is 6.54 Å². The van der Waals surface area contributed by atoms with Crippen molar-refractivity contribution in [3.8, 4) is 6.07 Å². The van der Waals surface area contributed by atoms with Gasteiger partial charge in [0.25, 0.3) is 0 Å². The van der Waals surface area contributed by atoms with E-state index in [4.69, 9.17) is 16.9 Å². The van der Waals surface area contributed by atoms with Gasteiger partial charge in [-0.05, 0) is 31.0 Å². The highest BCUT2D eigenvalue weighted by atomic mass is 35.5. The number of hydrogen-bond acceptors (Lipinski definition) is 5. The van der Waals surface area contributed by atoms with Crippen molar-refractivity contribution >= 4 is 27.7 Å². The molecular weight excluding hydrogens is 302 g/mol. The van der Waals surface area contributed by atoms with Crippen LogP contribution in [0.25, 0.3) is 0 Å². The summed E-state index contributed by atoms with van der Waals surface area (Å²) in [4.78, 5) is 13.8. The summed E-state index contributed by atoms with van der Waals surface area (Å²) >= 11 is 5.85. The first-order valence-corrected chi connectivity index (χ1v) is 7.61. The molecule has 0 aliphatic carbocycles. The number of nitrogens with zero attached hydrogens (tertiary/aromatic N) is 3. The molecule has 8 heteroatoms. The van der Waals surface area contributed by atoms with Crippen LogP contribution in [0.5, 0.6) is 0 Å². The lowest BCUT2D eigenvalue weighted by atomic mass is 10.2. The van der Waals surface area contributed by atoms with Crippen LogP contribution in [-0.4, -0.2) is 31.5 Å². The Labute approximate surface area is 121 Å². The van der Waals surface area contributed by atoms with E-state index < -0.39 is 16.2 Å². The van der Waals surface area contributed by atoms with Gasteiger partial charge >= 0.3 is 0 Å². The van der Waals surface area contributed by atoms with Crippen molar-refractivity contribution in [1.82, 2.24) is 4.31 Å². The fourth-order valence-corrected chi connectivity index (χ4v) is 3.98. The molecule has 6 nitrogen and oxygen atoms in total. The summed E-state index contributed by atoms with van der Waals surface area (Å²) in [7, 11) is -3.79. The van der Waals surface area contributed by atoms with Gasteiger partial charge in [0, 0.05) is 6.54 Å². The average molecular weight is 312 g/mol. The fourth-order valence-electron chi connectivity index (χ4n) is 2.08. The van der Waals surface area contributed by atoms with E-state index in [9.17, 15) is 13.2 Å². The number of sulfonamides is 1. The van der Waals surface area contributed by atoms with Crippen molar-refractivity contribution in [3.63, 3.8) is 0 Å². The minimum atomic E-state index is -3.79. The number of nitriles is 1. The summed E-state index contributed by atoms with van der Waals surface area (Å²) in [6.45, 7) is 0.288. The first-order chi connectivity index (χ1) is 9.50. The molecule has 1 fully saturated rings. The maximum Gasteiger partial charge on any atom is 0.244 e. The Kier molecular flexibility index (Phi) is 4.21. The second-order valence-electron chi connectivity index (χ2n) is 4.21. The molecule has 1 unspecified atom stereocenters. The normalized spacial score (nSPS) is 19.3. The second-order valence-corrected chi connectivity index (χ2v) is 6.51. The molecule has 0 radical (unpaired) electrons. The zero-order valence-corrected chi connectivity index (χ0v) is 11.9. The molecule has 0 N–H and O–H groups in total. The summed E-state index contributed by atoms with van der Waals surface area (Å²) < 4.78 is 26.1. The van der Waals surface area contributed by atoms with E-state index in [1.165, 1.54) is 24.3 Å². The van der Waals surface area contributed by atoms with Gasteiger partial charge in [0.05, 0.1) is 15.5 Å². The van der Waals surface area contributed by atoms with Crippen molar-refractivity contribution < 1.29 is 13.2 Å². The van der Waals surface area contributed by atoms with E-state index in [2.05, 4.69) is 4.99 Å². The van der Waals surface area contributed by atoms with Crippen molar-refractivity contribution in [2.45, 2.75) is 23.9 Å². The van der Waals surface area contributed by atoms with E-state index in [1.807, 2.05) is 6.07 Å². The summed E-state index contributed by atoms with van der Waals surface area (Å²) in [5.74, 6) is 0. The minimum Gasteiger partial charge on any atom is -0.211 e. The van der Waals surface area contributed by atoms with Crippen molar-refractivity contribution in [2.24, 2.45) is 4.99 Å². The Bertz CT molecular complexity index is 720. The smallest absolute Gasteiger partial charge is 0.211 e. The number of carbonyl (C=O) groups excluding carboxylic acids is 1. The molecule has 1 saturated heterocycles. The molecule has 2 rings (SSSR count). The Balaban J connectivity index is 2.43. The van der Waals surface area contributed by atoms with Gasteiger partial charge in [-0.15, -0.1) is 0 Å². The summed E-state index contributed by atoms with van der Waals surface area (Å²) in [5.41, 5.74) is 0.203. The van der Waals surface area contributed by atoms with E-state index in [0.717, 1.165) is 4.31 Å². The van der Waals surface area contributed by atoms with Gasteiger partial charge in [0.2, 0.25) is 16.1 Å². The predicted octanol–water partition coefficient (Wildman–Crippen LogP) is 1.66. The number of hydrogen-bond donors (Lipinski definition) is 0. The van der Waals surface area contributed by atoms with Crippen LogP contribution in [0, 0.1) is 11.3 Å². The average Bonchev–Trinajstić information content (AvgIpc) is 2.88. The lowest BCUT2D eigenvalue weighted by Crippen LogP contribution is -2.34. The van der Waals surface area contributed by atoms with Crippen molar-refractivity contribution in [1.29, 1.82) is 5.26 Å². The van der Waals surface area contributed by atoms with Crippen LogP contribution in [0.15, 0.2) is 28.1 Å². The van der Waals surface area contributed by atoms with Crippen LogP contribution >= 0.6 is 11.6 Å². The Morgan fingerprint density at radius 3 is 2.80 bits per heavy atom. The Morgan fingerprint density at radius 2 is 2.20 bits per heavy atom. The minimum absolute atomic E-state index is 0.0190. The molecule has 1 aliphatic rings. The number of halogens is 1. The van der Waals surface area contributed by atoms with Gasteiger partial charge in [0.15, 0.2) is 0 Å². The highest BCUT2D eigenvalue weighted by Crippen LogP contribution is 2.28. The summed E-state index contributed by atoms with van der Waals surface area (Å²) in [5, 5.41) is 8.86. The molecule has 1 aromatic carbocycles. The predicted molar refractivity (Wildman–Crippen MR) is 71.2 cm³/mol. The Morgan fingerprint density at radius 1 is 1.45 bits per heavy atom. The molecule has 104 valence electrons. The SMILES string of the molecule is N#Cc1ccc(S(=O)(=O)N2CCCC2N=C=O)cc1Cl. The molecule has 1 aromatic rings. The summed E-state index contributed by atoms with van der Waals surface area (Å²) in [6, 6.07) is 5.76. The molecule has 0 aromatic heterocycles. The van der Waals surface area contributed by atoms with Crippen molar-refractivity contribution in [3.05, 3.63) is 28.8 Å². The zero-order chi connectivity index (χ0) is 14.8. The molecule has 1 aliphatic heterocycles. The van der Waals surface area contributed by atoms with Crippen LogP contribution in [0.3, 0.4) is 0 Å². The molecule has 1 heterocycles. The van der Waals surface area contributed by atoms with E-state index in [-0.39, 0.29) is 22.0 Å². The van der Waals surface area contributed by atoms with Crippen LogP contribution in [0.4, 0.5) is 0 Å². The largest absolute Gasteiger partial charge is 0.244 e. The highest BCUT2D eigenvalue weighted by molar-refractivity contribution is 7.89. The topological polar surface area (TPSA) is 90.6 Å². The standard InChI is InChI=1S/C12H10ClN3O3S/c13-11-6-10(4-3-9(11)7-14)20(18,19)16-5-1-2-12(16)15-8-17/h3-4,6,12H,1-2,5H2. The van der Waals surface area contributed by atoms with Crippen LogP contribution < -0.4 is 0 Å². The summed E-state index contributed by atoms with van der Waals surface area (Å²) in [6.07, 6.45) is 1.79. The Hall–Kier alpha value is -1.71. The van der Waals surface area contributed by atoms with Crippen LogP contribution in [0.2, 0.25) is 5.02 Å². The van der Waals surface area contributed by atoms with Gasteiger partial charge in [-0.2, -0.15) is 14.6 Å². The second kappa shape index (κ2) is 5.73. The van der Waals surface area contributed by atoms with Crippen LogP contribution in [-0.2, 0) is 14.8 Å². The fraction of sp³-hybridized carbons (Fsp3) is 0.333. The number of aliphatic imine (C=N–C) groups is 1. The third kappa shape index (κ3) is 2.60. The zero-order valence-electron chi connectivity index (χ0n) is 10.3. The molecule has 1 atom stereocenters. The first-order valence-electron chi connectivity index (χ1n) is 5.79. The third-order valence-electron chi connectivity index (χ3n) is 3.04. The van der Waals surface area contributed by atoms with Gasteiger partial charge in [0.1, 0.15) is 12.2 Å². The first kappa shape index (κ1) is 14.7. The van der Waals surface area contributed by atoms with Crippen LogP contribution in [0.1, 0.15) is 18.4 Å². The van der Waals surface area contributed by atoms with Gasteiger partial charge in [-0.25, -0.2) is 13.2 Å². The van der Waals surface area contributed by atoms with Gasteiger partial charge < -0.3 is 0 Å². The number of benzene rings is 1. The molecule has 0 saturated carbocycles. The highest BCUT2D eigenvalue weighted by Gasteiger charge is 2.35. The van der Waals surface area contributed by atoms with E-state index in [0.29, 0.717) is 12.8 Å². The molecule has 0 bridgehead atoms.